The number of halogens is 2. The van der Waals surface area contributed by atoms with E-state index in [-0.39, 0.29) is 10.8 Å². The zero-order valence-corrected chi connectivity index (χ0v) is 34.5. The monoisotopic (exact) mass is 751 g/mol. The molecular formula is C46H52F2NO2PS. The third-order valence-corrected chi connectivity index (χ3v) is 14.1. The fourth-order valence-electron chi connectivity index (χ4n) is 6.83. The Balaban J connectivity index is 1.71. The van der Waals surface area contributed by atoms with Gasteiger partial charge in [-0.1, -0.05) is 128 Å². The molecule has 0 amide bonds. The van der Waals surface area contributed by atoms with Gasteiger partial charge in [-0.3, -0.25) is 0 Å². The van der Waals surface area contributed by atoms with E-state index < -0.39 is 46.7 Å². The molecule has 1 heterocycles. The minimum absolute atomic E-state index is 0.152. The van der Waals surface area contributed by atoms with Crippen LogP contribution in [0.3, 0.4) is 0 Å². The maximum Gasteiger partial charge on any atom is 0.139 e. The molecule has 0 spiro atoms. The smallest absolute Gasteiger partial charge is 0.139 e. The van der Waals surface area contributed by atoms with Crippen molar-refractivity contribution >= 4 is 34.8 Å². The van der Waals surface area contributed by atoms with E-state index in [0.29, 0.717) is 16.9 Å². The Kier molecular flexibility index (Phi) is 10.4. The van der Waals surface area contributed by atoms with Crippen LogP contribution in [0.2, 0.25) is 0 Å². The lowest BCUT2D eigenvalue weighted by atomic mass is 9.71. The molecule has 7 heteroatoms. The lowest BCUT2D eigenvalue weighted by Crippen LogP contribution is -2.37. The fraction of sp³-hybridized carbons (Fsp3) is 0.348. The third-order valence-electron chi connectivity index (χ3n) is 10.0. The molecule has 3 nitrogen and oxygen atoms in total. The second-order valence-corrected chi connectivity index (χ2v) is 21.9. The summed E-state index contributed by atoms with van der Waals surface area (Å²) in [5.74, 6) is 0.00730. The molecule has 2 atom stereocenters. The first-order chi connectivity index (χ1) is 24.7. The standard InChI is InChI=1S/C46H52F2NO2PS/c1-43(2,3)30-24-36(40(49-53(50)45(7,8)9)29-22-32(47)28-33(48)23-29)41-37(25-30)46(10,11)38-26-31(44(4,5)6)27-39(42(38)51-41)52(34-18-14-12-15-19-34)35-20-16-13-17-21-35/h12-28,40,49H,1-11H3. The van der Waals surface area contributed by atoms with Crippen molar-refractivity contribution in [1.29, 1.82) is 0 Å². The zero-order chi connectivity index (χ0) is 38.7. The van der Waals surface area contributed by atoms with Crippen LogP contribution < -0.4 is 25.4 Å². The van der Waals surface area contributed by atoms with Gasteiger partial charge in [0.2, 0.25) is 0 Å². The van der Waals surface area contributed by atoms with E-state index >= 15 is 8.78 Å². The highest BCUT2D eigenvalue weighted by Gasteiger charge is 2.42. The van der Waals surface area contributed by atoms with Crippen LogP contribution in [0.4, 0.5) is 8.78 Å². The molecule has 6 rings (SSSR count). The molecule has 0 saturated heterocycles. The van der Waals surface area contributed by atoms with Gasteiger partial charge in [-0.05, 0) is 91.1 Å². The van der Waals surface area contributed by atoms with Gasteiger partial charge in [0.1, 0.15) is 23.1 Å². The Morgan fingerprint density at radius 2 is 1.13 bits per heavy atom. The lowest BCUT2D eigenvalue weighted by molar-refractivity contribution is 0.410. The number of hydrogen-bond acceptors (Lipinski definition) is 2. The first kappa shape index (κ1) is 39.0. The predicted molar refractivity (Wildman–Crippen MR) is 220 cm³/mol. The van der Waals surface area contributed by atoms with Crippen molar-refractivity contribution in [3.8, 4) is 11.5 Å². The van der Waals surface area contributed by atoms with Gasteiger partial charge >= 0.3 is 0 Å². The molecule has 0 saturated carbocycles. The molecule has 53 heavy (non-hydrogen) atoms. The van der Waals surface area contributed by atoms with E-state index in [1.807, 2.05) is 32.9 Å². The largest absolute Gasteiger partial charge is 0.456 e. The summed E-state index contributed by atoms with van der Waals surface area (Å²) >= 11 is 0. The summed E-state index contributed by atoms with van der Waals surface area (Å²) in [6, 6.07) is 32.8. The molecule has 1 aliphatic heterocycles. The summed E-state index contributed by atoms with van der Waals surface area (Å²) in [6.45, 7) is 23.3. The maximum atomic E-state index is 15.0. The summed E-state index contributed by atoms with van der Waals surface area (Å²) in [7, 11) is -2.67. The molecule has 0 aromatic heterocycles. The van der Waals surface area contributed by atoms with E-state index in [2.05, 4.69) is 133 Å². The number of hydrogen-bond donors (Lipinski definition) is 1. The van der Waals surface area contributed by atoms with Gasteiger partial charge in [-0.25, -0.2) is 17.7 Å². The van der Waals surface area contributed by atoms with Gasteiger partial charge in [0.25, 0.3) is 0 Å². The molecule has 0 radical (unpaired) electrons. The highest BCUT2D eigenvalue weighted by atomic mass is 32.2. The van der Waals surface area contributed by atoms with Crippen molar-refractivity contribution in [2.75, 3.05) is 0 Å². The van der Waals surface area contributed by atoms with Crippen molar-refractivity contribution in [2.45, 2.75) is 103 Å². The van der Waals surface area contributed by atoms with Crippen LogP contribution >= 0.6 is 7.92 Å². The van der Waals surface area contributed by atoms with E-state index in [4.69, 9.17) is 4.74 Å². The highest BCUT2D eigenvalue weighted by Crippen LogP contribution is 2.54. The summed E-state index contributed by atoms with van der Waals surface area (Å²) in [4.78, 5) is 0. The van der Waals surface area contributed by atoms with Gasteiger partial charge in [0, 0.05) is 33.5 Å². The number of fused-ring (bicyclic) bond motifs is 2. The van der Waals surface area contributed by atoms with Crippen molar-refractivity contribution in [2.24, 2.45) is 0 Å². The van der Waals surface area contributed by atoms with Crippen LogP contribution in [0.15, 0.2) is 103 Å². The van der Waals surface area contributed by atoms with Gasteiger partial charge in [-0.15, -0.1) is 0 Å². The molecule has 5 aromatic rings. The first-order valence-corrected chi connectivity index (χ1v) is 20.8. The Labute approximate surface area is 318 Å². The summed E-state index contributed by atoms with van der Waals surface area (Å²) in [6.07, 6.45) is 0. The lowest BCUT2D eigenvalue weighted by Gasteiger charge is -2.41. The average molecular weight is 752 g/mol. The van der Waals surface area contributed by atoms with E-state index in [0.717, 1.165) is 33.8 Å². The van der Waals surface area contributed by atoms with Crippen molar-refractivity contribution in [3.05, 3.63) is 148 Å². The van der Waals surface area contributed by atoms with Crippen LogP contribution in [0.5, 0.6) is 11.5 Å². The number of ether oxygens (including phenoxy) is 1. The minimum atomic E-state index is -1.60. The summed E-state index contributed by atoms with van der Waals surface area (Å²) < 4.78 is 54.0. The van der Waals surface area contributed by atoms with Gasteiger partial charge in [0.05, 0.1) is 21.8 Å². The quantitative estimate of drug-likeness (QED) is 0.168. The predicted octanol–water partition coefficient (Wildman–Crippen LogP) is 10.9. The van der Waals surface area contributed by atoms with Crippen LogP contribution in [-0.4, -0.2) is 8.96 Å². The molecule has 2 unspecified atom stereocenters. The Morgan fingerprint density at radius 3 is 1.60 bits per heavy atom. The van der Waals surface area contributed by atoms with Gasteiger partial charge < -0.3 is 4.74 Å². The minimum Gasteiger partial charge on any atom is -0.456 e. The first-order valence-electron chi connectivity index (χ1n) is 18.3. The molecule has 5 aromatic carbocycles. The second kappa shape index (κ2) is 14.2. The molecule has 0 aliphatic carbocycles. The summed E-state index contributed by atoms with van der Waals surface area (Å²) in [5.41, 5.74) is 4.34. The normalized spacial score (nSPS) is 15.4. The Morgan fingerprint density at radius 1 is 0.660 bits per heavy atom. The maximum absolute atomic E-state index is 15.0. The van der Waals surface area contributed by atoms with E-state index in [1.54, 1.807) is 0 Å². The number of benzene rings is 5. The van der Waals surface area contributed by atoms with Gasteiger partial charge in [-0.2, -0.15) is 0 Å². The average Bonchev–Trinajstić information content (AvgIpc) is 3.06. The fourth-order valence-corrected chi connectivity index (χ4v) is 10.1. The number of nitrogens with one attached hydrogen (secondary N) is 1. The van der Waals surface area contributed by atoms with Crippen molar-refractivity contribution in [3.63, 3.8) is 0 Å². The van der Waals surface area contributed by atoms with Crippen LogP contribution in [0.25, 0.3) is 0 Å². The third kappa shape index (κ3) is 7.93. The number of rotatable bonds is 7. The van der Waals surface area contributed by atoms with Gasteiger partial charge in [0.15, 0.2) is 0 Å². The zero-order valence-electron chi connectivity index (χ0n) is 32.8. The molecule has 1 aliphatic rings. The highest BCUT2D eigenvalue weighted by molar-refractivity contribution is 7.84. The Hall–Kier alpha value is -3.70. The van der Waals surface area contributed by atoms with Crippen molar-refractivity contribution < 1.29 is 17.7 Å². The van der Waals surface area contributed by atoms with Crippen molar-refractivity contribution in [1.82, 2.24) is 4.72 Å². The molecule has 278 valence electrons. The molecule has 0 fully saturated rings. The Bertz CT molecular complexity index is 2100. The molecular weight excluding hydrogens is 700 g/mol. The topological polar surface area (TPSA) is 38.3 Å². The second-order valence-electron chi connectivity index (χ2n) is 17.7. The molecule has 0 bridgehead atoms. The summed E-state index contributed by atoms with van der Waals surface area (Å²) in [5, 5.41) is 3.50. The van der Waals surface area contributed by atoms with Crippen LogP contribution in [0, 0.1) is 11.6 Å². The van der Waals surface area contributed by atoms with Crippen LogP contribution in [0.1, 0.15) is 116 Å². The van der Waals surface area contributed by atoms with E-state index in [9.17, 15) is 4.21 Å². The SMILES string of the molecule is CC(C)(C)c1cc(C(NS(=O)C(C)(C)C)c2cc(F)cc(F)c2)c2c(c1)C(C)(C)c1cc(C(C)(C)C)cc(P(c3ccccc3)c3ccccc3)c1O2. The van der Waals surface area contributed by atoms with Crippen LogP contribution in [-0.2, 0) is 27.2 Å². The molecule has 1 N–H and O–H groups in total. The van der Waals surface area contributed by atoms with E-state index in [1.165, 1.54) is 28.3 Å².